The number of amides is 2. The molecular weight excluding hydrogens is 318 g/mol. The fourth-order valence-electron chi connectivity index (χ4n) is 2.91. The minimum absolute atomic E-state index is 0.238. The first-order valence-corrected chi connectivity index (χ1v) is 7.42. The Bertz CT molecular complexity index is 842. The molecule has 1 aliphatic carbocycles. The zero-order chi connectivity index (χ0) is 16.1. The molecular formula is C17H10ClNO4. The van der Waals surface area contributed by atoms with Crippen LogP contribution in [0.5, 0.6) is 0 Å². The van der Waals surface area contributed by atoms with E-state index in [1.54, 1.807) is 30.3 Å². The number of halogens is 1. The van der Waals surface area contributed by atoms with Crippen LogP contribution < -0.4 is 0 Å². The fraction of sp³-hybridized carbons (Fsp3) is 0.118. The van der Waals surface area contributed by atoms with Crippen molar-refractivity contribution in [2.24, 2.45) is 0 Å². The van der Waals surface area contributed by atoms with Crippen molar-refractivity contribution in [3.8, 4) is 0 Å². The summed E-state index contributed by atoms with van der Waals surface area (Å²) in [6.45, 7) is 0. The van der Waals surface area contributed by atoms with Crippen LogP contribution >= 0.6 is 11.6 Å². The van der Waals surface area contributed by atoms with Gasteiger partial charge in [-0.25, -0.2) is 4.79 Å². The Morgan fingerprint density at radius 2 is 1.70 bits per heavy atom. The molecule has 1 atom stereocenters. The van der Waals surface area contributed by atoms with Gasteiger partial charge in [0.25, 0.3) is 11.8 Å². The van der Waals surface area contributed by atoms with Crippen molar-refractivity contribution in [2.75, 3.05) is 0 Å². The van der Waals surface area contributed by atoms with Crippen LogP contribution in [0.15, 0.2) is 42.5 Å². The van der Waals surface area contributed by atoms with Gasteiger partial charge in [0.2, 0.25) is 0 Å². The summed E-state index contributed by atoms with van der Waals surface area (Å²) in [7, 11) is 0. The molecule has 1 unspecified atom stereocenters. The molecule has 0 saturated carbocycles. The first-order valence-electron chi connectivity index (χ1n) is 7.05. The van der Waals surface area contributed by atoms with Crippen LogP contribution in [-0.4, -0.2) is 22.8 Å². The Hall–Kier alpha value is -2.66. The smallest absolute Gasteiger partial charge is 0.329 e. The van der Waals surface area contributed by atoms with Gasteiger partial charge >= 0.3 is 5.97 Å². The van der Waals surface area contributed by atoms with E-state index in [0.29, 0.717) is 16.5 Å². The van der Waals surface area contributed by atoms with Crippen molar-refractivity contribution in [2.45, 2.75) is 12.3 Å². The van der Waals surface area contributed by atoms with Crippen LogP contribution in [-0.2, 0) is 16.1 Å². The van der Waals surface area contributed by atoms with Crippen LogP contribution in [0.25, 0.3) is 0 Å². The van der Waals surface area contributed by atoms with Gasteiger partial charge in [-0.15, -0.1) is 0 Å². The Morgan fingerprint density at radius 3 is 2.35 bits per heavy atom. The maximum atomic E-state index is 12.3. The highest BCUT2D eigenvalue weighted by molar-refractivity contribution is 6.31. The molecule has 1 aliphatic heterocycles. The molecule has 0 bridgehead atoms. The van der Waals surface area contributed by atoms with Gasteiger partial charge in [0.15, 0.2) is 0 Å². The quantitative estimate of drug-likeness (QED) is 0.796. The van der Waals surface area contributed by atoms with E-state index in [4.69, 9.17) is 16.4 Å². The molecule has 0 fully saturated rings. The first-order chi connectivity index (χ1) is 11.1. The second-order valence-electron chi connectivity index (χ2n) is 5.42. The normalized spacial score (nSPS) is 18.3. The van der Waals surface area contributed by atoms with Crippen molar-refractivity contribution < 1.29 is 19.2 Å². The summed E-state index contributed by atoms with van der Waals surface area (Å²) in [6.07, 6.45) is 0.441. The zero-order valence-corrected chi connectivity index (χ0v) is 12.5. The predicted octanol–water partition coefficient (Wildman–Crippen LogP) is 2.73. The molecule has 0 saturated heterocycles. The molecule has 114 valence electrons. The highest BCUT2D eigenvalue weighted by atomic mass is 35.5. The summed E-state index contributed by atoms with van der Waals surface area (Å²) >= 11 is 6.04. The van der Waals surface area contributed by atoms with Crippen molar-refractivity contribution in [1.82, 2.24) is 5.06 Å². The van der Waals surface area contributed by atoms with E-state index in [1.807, 2.05) is 0 Å². The molecule has 4 rings (SSSR count). The third-order valence-electron chi connectivity index (χ3n) is 4.16. The van der Waals surface area contributed by atoms with E-state index < -0.39 is 23.7 Å². The number of hydrogen-bond donors (Lipinski definition) is 0. The third-order valence-corrected chi connectivity index (χ3v) is 4.52. The summed E-state index contributed by atoms with van der Waals surface area (Å²) in [6, 6.07) is 11.7. The second kappa shape index (κ2) is 4.93. The Morgan fingerprint density at radius 1 is 1.04 bits per heavy atom. The highest BCUT2D eigenvalue weighted by Gasteiger charge is 2.42. The van der Waals surface area contributed by atoms with Gasteiger partial charge in [-0.3, -0.25) is 9.59 Å². The monoisotopic (exact) mass is 327 g/mol. The molecule has 6 heteroatoms. The number of benzene rings is 2. The molecule has 23 heavy (non-hydrogen) atoms. The number of hydroxylamine groups is 2. The van der Waals surface area contributed by atoms with E-state index in [1.165, 1.54) is 12.1 Å². The minimum Gasteiger partial charge on any atom is -0.329 e. The van der Waals surface area contributed by atoms with E-state index in [-0.39, 0.29) is 11.1 Å². The van der Waals surface area contributed by atoms with Crippen LogP contribution in [0, 0.1) is 0 Å². The molecule has 5 nitrogen and oxygen atoms in total. The average molecular weight is 328 g/mol. The van der Waals surface area contributed by atoms with Gasteiger partial charge in [0.1, 0.15) is 0 Å². The van der Waals surface area contributed by atoms with E-state index >= 15 is 0 Å². The maximum Gasteiger partial charge on any atom is 0.340 e. The minimum atomic E-state index is -0.630. The number of rotatable bonds is 2. The van der Waals surface area contributed by atoms with Gasteiger partial charge in [0, 0.05) is 5.02 Å². The lowest BCUT2D eigenvalue weighted by Gasteiger charge is -2.29. The van der Waals surface area contributed by atoms with Crippen molar-refractivity contribution in [3.05, 3.63) is 69.7 Å². The Kier molecular flexibility index (Phi) is 2.99. The van der Waals surface area contributed by atoms with E-state index in [9.17, 15) is 14.4 Å². The molecule has 2 amide bonds. The van der Waals surface area contributed by atoms with Crippen LogP contribution in [0.4, 0.5) is 0 Å². The van der Waals surface area contributed by atoms with Crippen LogP contribution in [0.2, 0.25) is 5.02 Å². The summed E-state index contributed by atoms with van der Waals surface area (Å²) < 4.78 is 0. The molecule has 2 aliphatic rings. The second-order valence-corrected chi connectivity index (χ2v) is 5.83. The van der Waals surface area contributed by atoms with Gasteiger partial charge in [0.05, 0.1) is 17.0 Å². The fourth-order valence-corrected chi connectivity index (χ4v) is 3.17. The van der Waals surface area contributed by atoms with Gasteiger partial charge in [-0.05, 0) is 35.7 Å². The molecule has 1 heterocycles. The van der Waals surface area contributed by atoms with Gasteiger partial charge in [-0.2, -0.15) is 0 Å². The topological polar surface area (TPSA) is 63.7 Å². The number of carbonyl (C=O) groups excluding carboxylic acids is 3. The number of carbonyl (C=O) groups is 3. The number of nitrogens with zero attached hydrogens (tertiary/aromatic N) is 1. The van der Waals surface area contributed by atoms with Crippen molar-refractivity contribution in [1.29, 1.82) is 0 Å². The summed E-state index contributed by atoms with van der Waals surface area (Å²) in [5.41, 5.74) is 2.15. The highest BCUT2D eigenvalue weighted by Crippen LogP contribution is 2.40. The van der Waals surface area contributed by atoms with E-state index in [0.717, 1.165) is 11.1 Å². The SMILES string of the molecule is O=C(ON1C(=O)c2ccccc2C1=O)C1Cc2c(Cl)cccc21. The number of hydrogen-bond acceptors (Lipinski definition) is 4. The summed E-state index contributed by atoms with van der Waals surface area (Å²) in [4.78, 5) is 41.7. The van der Waals surface area contributed by atoms with Crippen LogP contribution in [0.3, 0.4) is 0 Å². The lowest BCUT2D eigenvalue weighted by molar-refractivity contribution is -0.171. The molecule has 0 aromatic heterocycles. The molecule has 0 spiro atoms. The lowest BCUT2D eigenvalue weighted by atomic mass is 9.78. The zero-order valence-electron chi connectivity index (χ0n) is 11.8. The van der Waals surface area contributed by atoms with E-state index in [2.05, 4.69) is 0 Å². The third kappa shape index (κ3) is 1.97. The van der Waals surface area contributed by atoms with Crippen molar-refractivity contribution >= 4 is 29.4 Å². The molecule has 2 aromatic rings. The van der Waals surface area contributed by atoms with Crippen LogP contribution in [0.1, 0.15) is 37.8 Å². The first kappa shape index (κ1) is 14.0. The molecule has 0 N–H and O–H groups in total. The summed E-state index contributed by atoms with van der Waals surface area (Å²) in [5, 5.41) is 1.14. The lowest BCUT2D eigenvalue weighted by Crippen LogP contribution is -2.37. The standard InChI is InChI=1S/C17H10ClNO4/c18-14-7-3-6-9-12(14)8-13(9)17(22)23-19-15(20)10-4-1-2-5-11(10)16(19)21/h1-7,13H,8H2. The van der Waals surface area contributed by atoms with Gasteiger partial charge in [-0.1, -0.05) is 40.9 Å². The van der Waals surface area contributed by atoms with Crippen molar-refractivity contribution in [3.63, 3.8) is 0 Å². The predicted molar refractivity (Wildman–Crippen MR) is 80.9 cm³/mol. The largest absolute Gasteiger partial charge is 0.340 e. The number of fused-ring (bicyclic) bond motifs is 2. The summed E-state index contributed by atoms with van der Waals surface area (Å²) in [5.74, 6) is -2.38. The molecule has 2 aromatic carbocycles. The van der Waals surface area contributed by atoms with Gasteiger partial charge < -0.3 is 4.84 Å². The molecule has 0 radical (unpaired) electrons. The maximum absolute atomic E-state index is 12.3. The Balaban J connectivity index is 1.55. The average Bonchev–Trinajstić information content (AvgIpc) is 2.75. The number of imide groups is 1. The Labute approximate surface area is 136 Å².